The van der Waals surface area contributed by atoms with Gasteiger partial charge < -0.3 is 10.2 Å². The number of nitrogens with one attached hydrogen (secondary N) is 1. The second-order valence-electron chi connectivity index (χ2n) is 11.9. The molecule has 4 aromatic rings. The molecule has 7 nitrogen and oxygen atoms in total. The van der Waals surface area contributed by atoms with E-state index in [1.165, 1.54) is 17.0 Å². The summed E-state index contributed by atoms with van der Waals surface area (Å²) in [5.74, 6) is -0.893. The van der Waals surface area contributed by atoms with E-state index in [9.17, 15) is 18.0 Å². The van der Waals surface area contributed by atoms with Crippen LogP contribution in [0.2, 0.25) is 5.02 Å². The van der Waals surface area contributed by atoms with Gasteiger partial charge in [0.1, 0.15) is 12.6 Å². The molecule has 236 valence electrons. The van der Waals surface area contributed by atoms with Crippen LogP contribution >= 0.6 is 11.6 Å². The quantitative estimate of drug-likeness (QED) is 0.187. The molecule has 0 aliphatic rings. The van der Waals surface area contributed by atoms with Gasteiger partial charge in [0.25, 0.3) is 10.0 Å². The first kappa shape index (κ1) is 33.7. The fourth-order valence-corrected chi connectivity index (χ4v) is 6.59. The maximum Gasteiger partial charge on any atom is 0.264 e. The number of hydrogen-bond acceptors (Lipinski definition) is 4. The summed E-state index contributed by atoms with van der Waals surface area (Å²) >= 11 is 6.56. The number of benzene rings is 4. The summed E-state index contributed by atoms with van der Waals surface area (Å²) in [6, 6.07) is 30.7. The van der Waals surface area contributed by atoms with Crippen molar-refractivity contribution < 1.29 is 18.0 Å². The third-order valence-electron chi connectivity index (χ3n) is 7.31. The molecule has 9 heteroatoms. The van der Waals surface area contributed by atoms with E-state index in [4.69, 9.17) is 11.6 Å². The highest BCUT2D eigenvalue weighted by atomic mass is 35.5. The largest absolute Gasteiger partial charge is 0.350 e. The molecule has 45 heavy (non-hydrogen) atoms. The molecule has 0 aliphatic heterocycles. The Kier molecular flexibility index (Phi) is 11.1. The van der Waals surface area contributed by atoms with Crippen LogP contribution in [0.25, 0.3) is 0 Å². The second-order valence-corrected chi connectivity index (χ2v) is 14.2. The average molecular weight is 646 g/mol. The van der Waals surface area contributed by atoms with Crippen molar-refractivity contribution in [3.63, 3.8) is 0 Å². The van der Waals surface area contributed by atoms with Crippen LogP contribution in [0, 0.1) is 0 Å². The molecule has 0 radical (unpaired) electrons. The Labute approximate surface area is 271 Å². The zero-order valence-corrected chi connectivity index (χ0v) is 27.7. The van der Waals surface area contributed by atoms with Gasteiger partial charge in [0.05, 0.1) is 10.6 Å². The Morgan fingerprint density at radius 2 is 1.38 bits per heavy atom. The molecule has 0 heterocycles. The topological polar surface area (TPSA) is 86.8 Å². The molecule has 0 bridgehead atoms. The average Bonchev–Trinajstić information content (AvgIpc) is 3.02. The fraction of sp³-hybridized carbons (Fsp3) is 0.278. The van der Waals surface area contributed by atoms with Crippen LogP contribution in [0.1, 0.15) is 44.4 Å². The van der Waals surface area contributed by atoms with E-state index in [1.54, 1.807) is 48.5 Å². The lowest BCUT2D eigenvalue weighted by Crippen LogP contribution is -2.56. The van der Waals surface area contributed by atoms with Gasteiger partial charge >= 0.3 is 0 Å². The number of aryl methyl sites for hydroxylation is 1. The summed E-state index contributed by atoms with van der Waals surface area (Å²) in [4.78, 5) is 30.0. The Morgan fingerprint density at radius 1 is 0.800 bits per heavy atom. The summed E-state index contributed by atoms with van der Waals surface area (Å²) in [5.41, 5.74) is 2.30. The molecule has 0 spiro atoms. The van der Waals surface area contributed by atoms with Crippen molar-refractivity contribution >= 4 is 39.1 Å². The normalized spacial score (nSPS) is 12.3. The highest BCUT2D eigenvalue weighted by Gasteiger charge is 2.35. The van der Waals surface area contributed by atoms with E-state index >= 15 is 0 Å². The summed E-state index contributed by atoms with van der Waals surface area (Å²) in [5, 5.41) is 3.47. The number of halogens is 1. The minimum atomic E-state index is -4.16. The van der Waals surface area contributed by atoms with Crippen molar-refractivity contribution in [1.82, 2.24) is 10.2 Å². The molecule has 0 aliphatic carbocycles. The number of sulfonamides is 1. The first-order valence-electron chi connectivity index (χ1n) is 14.9. The lowest BCUT2D eigenvalue weighted by Gasteiger charge is -2.35. The minimum absolute atomic E-state index is 0.00155. The van der Waals surface area contributed by atoms with Crippen LogP contribution in [-0.2, 0) is 39.0 Å². The predicted octanol–water partition coefficient (Wildman–Crippen LogP) is 6.65. The number of amides is 2. The lowest BCUT2D eigenvalue weighted by molar-refractivity contribution is -0.140. The second kappa shape index (κ2) is 14.8. The maximum atomic E-state index is 14.5. The highest BCUT2D eigenvalue weighted by Crippen LogP contribution is 2.26. The van der Waals surface area contributed by atoms with Crippen LogP contribution in [-0.4, -0.2) is 43.3 Å². The van der Waals surface area contributed by atoms with Crippen molar-refractivity contribution in [2.45, 2.75) is 63.6 Å². The zero-order valence-electron chi connectivity index (χ0n) is 26.1. The van der Waals surface area contributed by atoms with Crippen molar-refractivity contribution in [1.29, 1.82) is 0 Å². The van der Waals surface area contributed by atoms with Gasteiger partial charge in [-0.25, -0.2) is 8.42 Å². The van der Waals surface area contributed by atoms with Crippen LogP contribution in [0.5, 0.6) is 0 Å². The Balaban J connectivity index is 1.82. The minimum Gasteiger partial charge on any atom is -0.350 e. The monoisotopic (exact) mass is 645 g/mol. The molecule has 4 aromatic carbocycles. The van der Waals surface area contributed by atoms with Gasteiger partial charge in [-0.05, 0) is 74.2 Å². The lowest BCUT2D eigenvalue weighted by atomic mass is 10.0. The van der Waals surface area contributed by atoms with Gasteiger partial charge in [-0.1, -0.05) is 97.4 Å². The number of hydrogen-bond donors (Lipinski definition) is 1. The highest BCUT2D eigenvalue weighted by molar-refractivity contribution is 7.92. The standard InChI is InChI=1S/C36H40ClN3O4S/c1-5-27-20-22-30(23-21-27)40(45(43,44)31-17-10-7-11-18-31)26-34(41)39(25-29-16-12-13-19-32(29)37)33(35(42)38-36(2,3)4)24-28-14-8-6-9-15-28/h6-23,33H,5,24-26H2,1-4H3,(H,38,42)/t33-/m0/s1. The molecule has 2 amide bonds. The van der Waals surface area contributed by atoms with E-state index in [1.807, 2.05) is 76.2 Å². The van der Waals surface area contributed by atoms with Crippen LogP contribution in [0.3, 0.4) is 0 Å². The van der Waals surface area contributed by atoms with Gasteiger partial charge in [-0.3, -0.25) is 13.9 Å². The smallest absolute Gasteiger partial charge is 0.264 e. The van der Waals surface area contributed by atoms with E-state index in [-0.39, 0.29) is 23.8 Å². The van der Waals surface area contributed by atoms with Crippen molar-refractivity contribution in [3.05, 3.63) is 131 Å². The van der Waals surface area contributed by atoms with Crippen molar-refractivity contribution in [2.75, 3.05) is 10.8 Å². The van der Waals surface area contributed by atoms with Crippen LogP contribution < -0.4 is 9.62 Å². The van der Waals surface area contributed by atoms with E-state index in [0.29, 0.717) is 16.3 Å². The SMILES string of the molecule is CCc1ccc(N(CC(=O)N(Cc2ccccc2Cl)[C@@H](Cc2ccccc2)C(=O)NC(C)(C)C)S(=O)(=O)c2ccccc2)cc1. The fourth-order valence-electron chi connectivity index (χ4n) is 4.96. The molecule has 0 fully saturated rings. The van der Waals surface area contributed by atoms with E-state index in [0.717, 1.165) is 21.9 Å². The van der Waals surface area contributed by atoms with Gasteiger partial charge in [0.15, 0.2) is 0 Å². The van der Waals surface area contributed by atoms with Gasteiger partial charge in [0.2, 0.25) is 11.8 Å². The van der Waals surface area contributed by atoms with Crippen molar-refractivity contribution in [3.8, 4) is 0 Å². The van der Waals surface area contributed by atoms with Gasteiger partial charge in [-0.15, -0.1) is 0 Å². The van der Waals surface area contributed by atoms with Gasteiger partial charge in [0, 0.05) is 23.5 Å². The van der Waals surface area contributed by atoms with E-state index in [2.05, 4.69) is 5.32 Å². The Bertz CT molecular complexity index is 1690. The maximum absolute atomic E-state index is 14.5. The first-order chi connectivity index (χ1) is 21.4. The summed E-state index contributed by atoms with van der Waals surface area (Å²) in [6.07, 6.45) is 0.996. The predicted molar refractivity (Wildman–Crippen MR) is 181 cm³/mol. The summed E-state index contributed by atoms with van der Waals surface area (Å²) in [6.45, 7) is 7.11. The molecule has 0 saturated heterocycles. The molecule has 1 N–H and O–H groups in total. The van der Waals surface area contributed by atoms with Gasteiger partial charge in [-0.2, -0.15) is 0 Å². The number of carbonyl (C=O) groups excluding carboxylic acids is 2. The van der Waals surface area contributed by atoms with Crippen LogP contribution in [0.15, 0.2) is 114 Å². The molecule has 1 atom stereocenters. The summed E-state index contributed by atoms with van der Waals surface area (Å²) in [7, 11) is -4.16. The molecule has 0 aromatic heterocycles. The molecular formula is C36H40ClN3O4S. The zero-order chi connectivity index (χ0) is 32.6. The molecule has 4 rings (SSSR count). The third-order valence-corrected chi connectivity index (χ3v) is 9.47. The number of carbonyl (C=O) groups is 2. The first-order valence-corrected chi connectivity index (χ1v) is 16.8. The Morgan fingerprint density at radius 3 is 1.96 bits per heavy atom. The third kappa shape index (κ3) is 8.96. The summed E-state index contributed by atoms with van der Waals surface area (Å²) < 4.78 is 29.3. The van der Waals surface area contributed by atoms with Crippen molar-refractivity contribution in [2.24, 2.45) is 0 Å². The van der Waals surface area contributed by atoms with Crippen LogP contribution in [0.4, 0.5) is 5.69 Å². The van der Waals surface area contributed by atoms with E-state index < -0.39 is 34.1 Å². The number of nitrogens with zero attached hydrogens (tertiary/aromatic N) is 2. The number of anilines is 1. The Hall–Kier alpha value is -4.14. The molecule has 0 unspecified atom stereocenters. The number of rotatable bonds is 12. The molecule has 0 saturated carbocycles. The molecular weight excluding hydrogens is 606 g/mol.